The van der Waals surface area contributed by atoms with Crippen molar-refractivity contribution >= 4 is 13.6 Å². The predicted molar refractivity (Wildman–Crippen MR) is 23.3 cm³/mol. The monoisotopic (exact) mass is 68.1 g/mol. The van der Waals surface area contributed by atoms with Crippen molar-refractivity contribution in [2.24, 2.45) is 10.7 Å². The molecule has 0 atom stereocenters. The molecule has 0 heterocycles. The van der Waals surface area contributed by atoms with Crippen LogP contribution in [0.4, 0.5) is 0 Å². The van der Waals surface area contributed by atoms with Crippen molar-refractivity contribution in [3.05, 3.63) is 0 Å². The van der Waals surface area contributed by atoms with Gasteiger partial charge in [0.05, 0.1) is 0 Å². The second kappa shape index (κ2) is 1.82. The lowest BCUT2D eigenvalue weighted by atomic mass is 10.1. The summed E-state index contributed by atoms with van der Waals surface area (Å²) in [5, 5.41) is 0. The molecule has 0 aromatic heterocycles. The van der Waals surface area contributed by atoms with E-state index in [0.29, 0.717) is 0 Å². The maximum atomic E-state index is 4.82. The fourth-order valence-electron chi connectivity index (χ4n) is 0. The summed E-state index contributed by atoms with van der Waals surface area (Å²) in [6.45, 7) is 0. The molecule has 5 heavy (non-hydrogen) atoms. The molecule has 0 saturated heterocycles. The summed E-state index contributed by atoms with van der Waals surface area (Å²) in [4.78, 5) is 3.36. The molecular formula is C2H5BN2. The Morgan fingerprint density at radius 3 is 2.20 bits per heavy atom. The molecule has 0 spiro atoms. The van der Waals surface area contributed by atoms with Crippen LogP contribution in [0.2, 0.25) is 0 Å². The smallest absolute Gasteiger partial charge is 0.165 e. The molecule has 0 aliphatic heterocycles. The lowest BCUT2D eigenvalue weighted by Crippen LogP contribution is -2.09. The highest BCUT2D eigenvalue weighted by Crippen LogP contribution is 1.44. The standard InChI is InChI=1S/C2H5BN2/c1-5-2(3)4/h1H3,(H2,4,5). The van der Waals surface area contributed by atoms with Gasteiger partial charge in [-0.2, -0.15) is 0 Å². The van der Waals surface area contributed by atoms with Crippen LogP contribution in [0.5, 0.6) is 0 Å². The minimum atomic E-state index is 0.130. The van der Waals surface area contributed by atoms with E-state index in [2.05, 4.69) is 4.99 Å². The average molecular weight is 67.9 g/mol. The van der Waals surface area contributed by atoms with E-state index in [0.717, 1.165) is 0 Å². The van der Waals surface area contributed by atoms with Gasteiger partial charge in [-0.3, -0.25) is 4.99 Å². The van der Waals surface area contributed by atoms with Crippen molar-refractivity contribution in [1.29, 1.82) is 0 Å². The highest BCUT2D eigenvalue weighted by Gasteiger charge is 1.62. The largest absolute Gasteiger partial charge is 0.397 e. The minimum Gasteiger partial charge on any atom is -0.397 e. The van der Waals surface area contributed by atoms with Crippen LogP contribution in [-0.4, -0.2) is 20.6 Å². The first-order valence-corrected chi connectivity index (χ1v) is 1.25. The van der Waals surface area contributed by atoms with Crippen LogP contribution < -0.4 is 5.73 Å². The lowest BCUT2D eigenvalue weighted by molar-refractivity contribution is 1.44. The van der Waals surface area contributed by atoms with Crippen LogP contribution in [0.3, 0.4) is 0 Å². The van der Waals surface area contributed by atoms with Gasteiger partial charge in [0.25, 0.3) is 0 Å². The van der Waals surface area contributed by atoms with Gasteiger partial charge in [0.1, 0.15) is 0 Å². The van der Waals surface area contributed by atoms with Crippen LogP contribution in [-0.2, 0) is 0 Å². The Bertz CT molecular complexity index is 45.6. The van der Waals surface area contributed by atoms with Crippen molar-refractivity contribution in [2.75, 3.05) is 7.05 Å². The van der Waals surface area contributed by atoms with E-state index in [1.807, 2.05) is 0 Å². The Labute approximate surface area is 32.5 Å². The third-order valence-electron chi connectivity index (χ3n) is 0.258. The van der Waals surface area contributed by atoms with E-state index in [1.165, 1.54) is 7.05 Å². The van der Waals surface area contributed by atoms with Gasteiger partial charge in [0.2, 0.25) is 0 Å². The topological polar surface area (TPSA) is 38.4 Å². The molecule has 2 nitrogen and oxygen atoms in total. The molecule has 0 aromatic carbocycles. The summed E-state index contributed by atoms with van der Waals surface area (Å²) < 4.78 is 0. The van der Waals surface area contributed by atoms with Gasteiger partial charge in [-0.05, 0) is 0 Å². The number of aliphatic imine (C=N–C) groups is 1. The van der Waals surface area contributed by atoms with Gasteiger partial charge in [-0.1, -0.05) is 0 Å². The quantitative estimate of drug-likeness (QED) is 0.223. The minimum absolute atomic E-state index is 0.130. The van der Waals surface area contributed by atoms with Gasteiger partial charge in [-0.15, -0.1) is 0 Å². The van der Waals surface area contributed by atoms with E-state index >= 15 is 0 Å². The summed E-state index contributed by atoms with van der Waals surface area (Å²) in [5.41, 5.74) is 4.95. The van der Waals surface area contributed by atoms with Crippen LogP contribution >= 0.6 is 0 Å². The Balaban J connectivity index is 3.14. The molecule has 0 unspecified atom stereocenters. The number of nitrogens with two attached hydrogens (primary N) is 1. The highest BCUT2D eigenvalue weighted by atomic mass is 14.8. The average Bonchev–Trinajstić information content (AvgIpc) is 1.38. The molecule has 0 bridgehead atoms. The summed E-state index contributed by atoms with van der Waals surface area (Å²) >= 11 is 0. The number of rotatable bonds is 0. The van der Waals surface area contributed by atoms with Crippen molar-refractivity contribution in [3.63, 3.8) is 0 Å². The number of amidine groups is 1. The van der Waals surface area contributed by atoms with Gasteiger partial charge in [0.15, 0.2) is 7.85 Å². The maximum Gasteiger partial charge on any atom is 0.165 e. The molecule has 0 aromatic rings. The molecule has 0 aliphatic carbocycles. The molecule has 0 amide bonds. The Morgan fingerprint density at radius 1 is 2.00 bits per heavy atom. The summed E-state index contributed by atoms with van der Waals surface area (Å²) in [6, 6.07) is 0. The fourth-order valence-corrected chi connectivity index (χ4v) is 0. The summed E-state index contributed by atoms with van der Waals surface area (Å²) in [5.74, 6) is 0. The second-order valence-corrected chi connectivity index (χ2v) is 0.648. The molecule has 0 rings (SSSR count). The molecule has 0 fully saturated rings. The van der Waals surface area contributed by atoms with Crippen LogP contribution in [0, 0.1) is 0 Å². The Hall–Kier alpha value is -0.465. The van der Waals surface area contributed by atoms with Gasteiger partial charge in [-0.25, -0.2) is 0 Å². The zero-order chi connectivity index (χ0) is 4.28. The summed E-state index contributed by atoms with van der Waals surface area (Å²) in [7, 11) is 6.36. The third kappa shape index (κ3) is 3.53. The van der Waals surface area contributed by atoms with E-state index in [4.69, 9.17) is 13.6 Å². The van der Waals surface area contributed by atoms with Crippen molar-refractivity contribution in [3.8, 4) is 0 Å². The SMILES string of the molecule is [B]C(N)=NC. The number of hydrogen-bond acceptors (Lipinski definition) is 1. The van der Waals surface area contributed by atoms with Crippen molar-refractivity contribution in [1.82, 2.24) is 0 Å². The zero-order valence-corrected chi connectivity index (χ0v) is 3.10. The molecule has 0 saturated carbocycles. The van der Waals surface area contributed by atoms with E-state index in [1.54, 1.807) is 0 Å². The van der Waals surface area contributed by atoms with E-state index in [-0.39, 0.29) is 5.73 Å². The molecule has 0 aliphatic rings. The first-order chi connectivity index (χ1) is 2.27. The van der Waals surface area contributed by atoms with E-state index < -0.39 is 0 Å². The maximum absolute atomic E-state index is 4.82. The van der Waals surface area contributed by atoms with Gasteiger partial charge < -0.3 is 5.73 Å². The van der Waals surface area contributed by atoms with Gasteiger partial charge in [0, 0.05) is 12.8 Å². The Morgan fingerprint density at radius 2 is 2.20 bits per heavy atom. The normalized spacial score (nSPS) is 11.8. The first-order valence-electron chi connectivity index (χ1n) is 1.25. The predicted octanol–water partition coefficient (Wildman–Crippen LogP) is -0.901. The Kier molecular flexibility index (Phi) is 1.65. The van der Waals surface area contributed by atoms with Crippen LogP contribution in [0.25, 0.3) is 0 Å². The second-order valence-electron chi connectivity index (χ2n) is 0.648. The fraction of sp³-hybridized carbons (Fsp3) is 0.500. The third-order valence-corrected chi connectivity index (χ3v) is 0.258. The summed E-state index contributed by atoms with van der Waals surface area (Å²) in [6.07, 6.45) is 0. The first kappa shape index (κ1) is 4.53. The van der Waals surface area contributed by atoms with E-state index in [9.17, 15) is 0 Å². The molecular weight excluding hydrogens is 62.8 g/mol. The van der Waals surface area contributed by atoms with Crippen molar-refractivity contribution < 1.29 is 0 Å². The molecule has 3 heteroatoms. The zero-order valence-electron chi connectivity index (χ0n) is 3.10. The molecule has 2 radical (unpaired) electrons. The van der Waals surface area contributed by atoms with Gasteiger partial charge >= 0.3 is 0 Å². The lowest BCUT2D eigenvalue weighted by Gasteiger charge is -1.76. The molecule has 26 valence electrons. The van der Waals surface area contributed by atoms with Crippen molar-refractivity contribution in [2.45, 2.75) is 0 Å². The molecule has 2 N–H and O–H groups in total. The number of hydrogen-bond donors (Lipinski definition) is 1. The highest BCUT2D eigenvalue weighted by molar-refractivity contribution is 6.58. The van der Waals surface area contributed by atoms with Crippen LogP contribution in [0.15, 0.2) is 4.99 Å². The van der Waals surface area contributed by atoms with Crippen LogP contribution in [0.1, 0.15) is 0 Å². The number of nitrogens with zero attached hydrogens (tertiary/aromatic N) is 1.